The molecule has 0 atom stereocenters. The standard InChI is InChI=1S/C24H29BrN2O3/c25-21-10-5-11-22(19-21)30-18-6-13-24(29)27-16-14-26(15-17-27)23(28)12-4-9-20-7-2-1-3-8-20/h1-3,5,7-8,10-11,19H,4,6,9,12-18H2. The van der Waals surface area contributed by atoms with Crippen LogP contribution in [0.5, 0.6) is 5.75 Å². The number of amides is 2. The number of hydrogen-bond donors (Lipinski definition) is 0. The number of carbonyl (C=O) groups excluding carboxylic acids is 2. The monoisotopic (exact) mass is 472 g/mol. The molecule has 0 spiro atoms. The molecule has 2 amide bonds. The van der Waals surface area contributed by atoms with E-state index in [-0.39, 0.29) is 11.8 Å². The van der Waals surface area contributed by atoms with Crippen LogP contribution in [-0.2, 0) is 16.0 Å². The van der Waals surface area contributed by atoms with Crippen molar-refractivity contribution in [3.8, 4) is 5.75 Å². The van der Waals surface area contributed by atoms with Crippen molar-refractivity contribution >= 4 is 27.7 Å². The molecular formula is C24H29BrN2O3. The Kier molecular flexibility index (Phi) is 8.75. The number of halogens is 1. The second-order valence-corrected chi connectivity index (χ2v) is 8.43. The molecule has 0 saturated carbocycles. The highest BCUT2D eigenvalue weighted by molar-refractivity contribution is 9.10. The van der Waals surface area contributed by atoms with Gasteiger partial charge in [0, 0.05) is 43.5 Å². The summed E-state index contributed by atoms with van der Waals surface area (Å²) in [5, 5.41) is 0. The third-order valence-electron chi connectivity index (χ3n) is 5.28. The molecule has 5 nitrogen and oxygen atoms in total. The molecule has 1 aliphatic rings. The summed E-state index contributed by atoms with van der Waals surface area (Å²) in [5.41, 5.74) is 1.27. The quantitative estimate of drug-likeness (QED) is 0.511. The van der Waals surface area contributed by atoms with E-state index in [1.807, 2.05) is 52.3 Å². The molecule has 3 rings (SSSR count). The van der Waals surface area contributed by atoms with Crippen molar-refractivity contribution in [3.63, 3.8) is 0 Å². The van der Waals surface area contributed by atoms with Crippen molar-refractivity contribution in [1.82, 2.24) is 9.80 Å². The van der Waals surface area contributed by atoms with Crippen LogP contribution in [0.2, 0.25) is 0 Å². The van der Waals surface area contributed by atoms with Gasteiger partial charge in [-0.3, -0.25) is 9.59 Å². The molecule has 0 bridgehead atoms. The average Bonchev–Trinajstić information content (AvgIpc) is 2.77. The highest BCUT2D eigenvalue weighted by Crippen LogP contribution is 2.18. The summed E-state index contributed by atoms with van der Waals surface area (Å²) in [6.45, 7) is 3.02. The normalized spacial score (nSPS) is 13.9. The molecule has 30 heavy (non-hydrogen) atoms. The first-order chi connectivity index (χ1) is 14.6. The molecule has 2 aromatic rings. The Morgan fingerprint density at radius 2 is 1.47 bits per heavy atom. The zero-order valence-electron chi connectivity index (χ0n) is 17.3. The van der Waals surface area contributed by atoms with Gasteiger partial charge in [0.05, 0.1) is 6.61 Å². The maximum Gasteiger partial charge on any atom is 0.222 e. The van der Waals surface area contributed by atoms with Gasteiger partial charge in [-0.05, 0) is 43.0 Å². The van der Waals surface area contributed by atoms with Crippen LogP contribution >= 0.6 is 15.9 Å². The highest BCUT2D eigenvalue weighted by Gasteiger charge is 2.23. The van der Waals surface area contributed by atoms with E-state index >= 15 is 0 Å². The minimum atomic E-state index is 0.143. The lowest BCUT2D eigenvalue weighted by atomic mass is 10.1. The molecule has 1 aliphatic heterocycles. The molecule has 1 saturated heterocycles. The molecule has 6 heteroatoms. The third kappa shape index (κ3) is 7.17. The molecule has 0 aliphatic carbocycles. The topological polar surface area (TPSA) is 49.9 Å². The first kappa shape index (κ1) is 22.3. The van der Waals surface area contributed by atoms with Gasteiger partial charge in [0.2, 0.25) is 11.8 Å². The zero-order chi connectivity index (χ0) is 21.2. The summed E-state index contributed by atoms with van der Waals surface area (Å²) in [4.78, 5) is 28.6. The van der Waals surface area contributed by atoms with E-state index in [0.29, 0.717) is 52.0 Å². The van der Waals surface area contributed by atoms with Crippen LogP contribution in [0.4, 0.5) is 0 Å². The van der Waals surface area contributed by atoms with E-state index in [9.17, 15) is 9.59 Å². The number of ether oxygens (including phenoxy) is 1. The fourth-order valence-corrected chi connectivity index (χ4v) is 3.96. The van der Waals surface area contributed by atoms with Crippen LogP contribution in [0.3, 0.4) is 0 Å². The van der Waals surface area contributed by atoms with Crippen molar-refractivity contribution in [2.45, 2.75) is 32.1 Å². The molecule has 0 radical (unpaired) electrons. The molecule has 1 fully saturated rings. The Labute approximate surface area is 187 Å². The minimum Gasteiger partial charge on any atom is -0.494 e. The van der Waals surface area contributed by atoms with E-state index in [1.165, 1.54) is 5.56 Å². The maximum absolute atomic E-state index is 12.4. The van der Waals surface area contributed by atoms with Crippen molar-refractivity contribution in [2.75, 3.05) is 32.8 Å². The summed E-state index contributed by atoms with van der Waals surface area (Å²) >= 11 is 3.42. The second kappa shape index (κ2) is 11.7. The van der Waals surface area contributed by atoms with Gasteiger partial charge in [0.1, 0.15) is 5.75 Å². The molecule has 0 aromatic heterocycles. The third-order valence-corrected chi connectivity index (χ3v) is 5.78. The lowest BCUT2D eigenvalue weighted by Crippen LogP contribution is -2.50. The summed E-state index contributed by atoms with van der Waals surface area (Å²) in [5.74, 6) is 1.14. The Balaban J connectivity index is 1.29. The smallest absolute Gasteiger partial charge is 0.222 e. The number of carbonyl (C=O) groups is 2. The van der Waals surface area contributed by atoms with Crippen molar-refractivity contribution in [3.05, 3.63) is 64.6 Å². The van der Waals surface area contributed by atoms with Gasteiger partial charge in [-0.1, -0.05) is 52.3 Å². The van der Waals surface area contributed by atoms with Gasteiger partial charge in [-0.25, -0.2) is 0 Å². The van der Waals surface area contributed by atoms with Crippen LogP contribution in [0, 0.1) is 0 Å². The number of rotatable bonds is 9. The summed E-state index contributed by atoms with van der Waals surface area (Å²) < 4.78 is 6.66. The Morgan fingerprint density at radius 1 is 0.833 bits per heavy atom. The first-order valence-corrected chi connectivity index (χ1v) is 11.4. The Bertz CT molecular complexity index is 820. The van der Waals surface area contributed by atoms with Crippen molar-refractivity contribution in [2.24, 2.45) is 0 Å². The van der Waals surface area contributed by atoms with Crippen LogP contribution in [-0.4, -0.2) is 54.4 Å². The predicted octanol–water partition coefficient (Wildman–Crippen LogP) is 4.30. The second-order valence-electron chi connectivity index (χ2n) is 7.51. The van der Waals surface area contributed by atoms with E-state index in [4.69, 9.17) is 4.74 Å². The summed E-state index contributed by atoms with van der Waals surface area (Å²) in [7, 11) is 0. The van der Waals surface area contributed by atoms with Crippen LogP contribution in [0.15, 0.2) is 59.1 Å². The van der Waals surface area contributed by atoms with Gasteiger partial charge in [0.25, 0.3) is 0 Å². The van der Waals surface area contributed by atoms with Crippen LogP contribution in [0.1, 0.15) is 31.2 Å². The Hall–Kier alpha value is -2.34. The van der Waals surface area contributed by atoms with E-state index in [2.05, 4.69) is 28.1 Å². The highest BCUT2D eigenvalue weighted by atomic mass is 79.9. The van der Waals surface area contributed by atoms with Gasteiger partial charge >= 0.3 is 0 Å². The fourth-order valence-electron chi connectivity index (χ4n) is 3.58. The van der Waals surface area contributed by atoms with Gasteiger partial charge < -0.3 is 14.5 Å². The molecule has 2 aromatic carbocycles. The van der Waals surface area contributed by atoms with Gasteiger partial charge in [-0.2, -0.15) is 0 Å². The van der Waals surface area contributed by atoms with Gasteiger partial charge in [0.15, 0.2) is 0 Å². The number of nitrogens with zero attached hydrogens (tertiary/aromatic N) is 2. The number of piperazine rings is 1. The van der Waals surface area contributed by atoms with Gasteiger partial charge in [-0.15, -0.1) is 0 Å². The van der Waals surface area contributed by atoms with Crippen LogP contribution in [0.25, 0.3) is 0 Å². The lowest BCUT2D eigenvalue weighted by Gasteiger charge is -2.35. The van der Waals surface area contributed by atoms with Crippen LogP contribution < -0.4 is 4.74 Å². The molecule has 0 unspecified atom stereocenters. The van der Waals surface area contributed by atoms with E-state index in [0.717, 1.165) is 23.1 Å². The number of hydrogen-bond acceptors (Lipinski definition) is 3. The van der Waals surface area contributed by atoms with E-state index < -0.39 is 0 Å². The molecule has 0 N–H and O–H groups in total. The maximum atomic E-state index is 12.4. The van der Waals surface area contributed by atoms with Crippen molar-refractivity contribution < 1.29 is 14.3 Å². The Morgan fingerprint density at radius 3 is 2.10 bits per heavy atom. The van der Waals surface area contributed by atoms with Crippen molar-refractivity contribution in [1.29, 1.82) is 0 Å². The summed E-state index contributed by atoms with van der Waals surface area (Å²) in [6, 6.07) is 17.9. The minimum absolute atomic E-state index is 0.143. The number of aryl methyl sites for hydroxylation is 1. The lowest BCUT2D eigenvalue weighted by molar-refractivity contribution is -0.139. The predicted molar refractivity (Wildman–Crippen MR) is 121 cm³/mol. The number of benzene rings is 2. The SMILES string of the molecule is O=C(CCCOc1cccc(Br)c1)N1CCN(C(=O)CCCc2ccccc2)CC1. The first-order valence-electron chi connectivity index (χ1n) is 10.6. The average molecular weight is 473 g/mol. The molecule has 160 valence electrons. The molecule has 1 heterocycles. The summed E-state index contributed by atoms with van der Waals surface area (Å²) in [6.07, 6.45) is 3.51. The molecular weight excluding hydrogens is 444 g/mol. The van der Waals surface area contributed by atoms with E-state index in [1.54, 1.807) is 0 Å². The zero-order valence-corrected chi connectivity index (χ0v) is 18.9. The largest absolute Gasteiger partial charge is 0.494 e. The fraction of sp³-hybridized carbons (Fsp3) is 0.417.